The van der Waals surface area contributed by atoms with Gasteiger partial charge in [0.25, 0.3) is 11.5 Å². The van der Waals surface area contributed by atoms with Crippen molar-refractivity contribution >= 4 is 46.1 Å². The van der Waals surface area contributed by atoms with Crippen LogP contribution < -0.4 is 19.9 Å². The van der Waals surface area contributed by atoms with E-state index < -0.39 is 0 Å². The van der Waals surface area contributed by atoms with Crippen molar-refractivity contribution in [3.8, 4) is 17.6 Å². The lowest BCUT2D eigenvalue weighted by Gasteiger charge is -2.39. The molecule has 2 atom stereocenters. The lowest BCUT2D eigenvalue weighted by Crippen LogP contribution is -2.48. The van der Waals surface area contributed by atoms with E-state index in [0.717, 1.165) is 5.56 Å². The average molecular weight is 583 g/mol. The van der Waals surface area contributed by atoms with Crippen molar-refractivity contribution in [3.63, 3.8) is 0 Å². The summed E-state index contributed by atoms with van der Waals surface area (Å²) in [5.41, 5.74) is 1.96. The quantitative estimate of drug-likeness (QED) is 0.336. The average Bonchev–Trinajstić information content (AvgIpc) is 3.19. The van der Waals surface area contributed by atoms with Crippen LogP contribution in [0.2, 0.25) is 0 Å². The summed E-state index contributed by atoms with van der Waals surface area (Å²) >= 11 is 6.83. The number of rotatable bonds is 8. The minimum atomic E-state index is -0.330. The summed E-state index contributed by atoms with van der Waals surface area (Å²) in [7, 11) is 3.17. The molecular weight excluding hydrogens is 548 g/mol. The molecule has 0 radical (unpaired) electrons. The number of aromatic nitrogens is 1. The molecule has 212 valence electrons. The van der Waals surface area contributed by atoms with Gasteiger partial charge in [0.2, 0.25) is 0 Å². The zero-order chi connectivity index (χ0) is 29.1. The van der Waals surface area contributed by atoms with Crippen LogP contribution in [0.5, 0.6) is 11.5 Å². The number of anilines is 1. The Balaban J connectivity index is 1.70. The first-order valence-electron chi connectivity index (χ1n) is 13.2. The number of nitrogens with zero attached hydrogens (tertiary/aromatic N) is 4. The number of carbonyl (C=O) groups excluding carboxylic acids is 1. The molecule has 2 aliphatic rings. The van der Waals surface area contributed by atoms with E-state index in [1.807, 2.05) is 39.0 Å². The van der Waals surface area contributed by atoms with E-state index in [4.69, 9.17) is 26.4 Å². The molecule has 40 heavy (non-hydrogen) atoms. The lowest BCUT2D eigenvalue weighted by atomic mass is 10.0. The summed E-state index contributed by atoms with van der Waals surface area (Å²) in [6, 6.07) is 7.75. The Morgan fingerprint density at radius 3 is 2.45 bits per heavy atom. The maximum Gasteiger partial charge on any atom is 0.270 e. The minimum Gasteiger partial charge on any atom is -0.493 e. The highest BCUT2D eigenvalue weighted by Crippen LogP contribution is 2.37. The molecular formula is C29H34N4O5S2. The van der Waals surface area contributed by atoms with E-state index in [1.165, 1.54) is 11.8 Å². The Kier molecular flexibility index (Phi) is 9.23. The number of thioether (sulfide) groups is 1. The Labute approximate surface area is 244 Å². The summed E-state index contributed by atoms with van der Waals surface area (Å²) < 4.78 is 18.7. The van der Waals surface area contributed by atoms with Gasteiger partial charge in [0.1, 0.15) is 21.8 Å². The maximum absolute atomic E-state index is 13.6. The largest absolute Gasteiger partial charge is 0.493 e. The first kappa shape index (κ1) is 29.6. The van der Waals surface area contributed by atoms with Crippen LogP contribution in [-0.2, 0) is 22.5 Å². The van der Waals surface area contributed by atoms with Crippen LogP contribution in [0, 0.1) is 18.3 Å². The predicted octanol–water partition coefficient (Wildman–Crippen LogP) is 4.12. The molecule has 11 heteroatoms. The topological polar surface area (TPSA) is 97.0 Å². The number of methoxy groups -OCH3 is 2. The van der Waals surface area contributed by atoms with E-state index in [0.29, 0.717) is 70.3 Å². The summed E-state index contributed by atoms with van der Waals surface area (Å²) in [6.45, 7) is 9.60. The number of benzene rings is 1. The molecule has 1 amide bonds. The number of nitriles is 1. The van der Waals surface area contributed by atoms with Crippen molar-refractivity contribution in [1.29, 1.82) is 5.26 Å². The number of hydrogen-bond donors (Lipinski definition) is 0. The molecule has 4 rings (SSSR count). The fourth-order valence-electron chi connectivity index (χ4n) is 5.23. The first-order valence-corrected chi connectivity index (χ1v) is 14.4. The van der Waals surface area contributed by atoms with E-state index >= 15 is 0 Å². The highest BCUT2D eigenvalue weighted by atomic mass is 32.2. The first-order chi connectivity index (χ1) is 19.1. The molecule has 3 heterocycles. The molecule has 2 fully saturated rings. The van der Waals surface area contributed by atoms with E-state index in [-0.39, 0.29) is 29.2 Å². The molecule has 2 aromatic rings. The van der Waals surface area contributed by atoms with Gasteiger partial charge < -0.3 is 19.1 Å². The van der Waals surface area contributed by atoms with Crippen LogP contribution in [0.25, 0.3) is 6.08 Å². The third kappa shape index (κ3) is 5.75. The number of pyridine rings is 1. The van der Waals surface area contributed by atoms with Crippen LogP contribution in [0.3, 0.4) is 0 Å². The number of hydrogen-bond acceptors (Lipinski definition) is 9. The molecule has 1 aromatic heterocycles. The van der Waals surface area contributed by atoms with Crippen molar-refractivity contribution in [2.75, 3.05) is 38.8 Å². The molecule has 9 nitrogen and oxygen atoms in total. The summed E-state index contributed by atoms with van der Waals surface area (Å²) in [4.78, 5) is 31.0. The third-order valence-electron chi connectivity index (χ3n) is 7.10. The number of thiocarbonyl (C=S) groups is 1. The summed E-state index contributed by atoms with van der Waals surface area (Å²) in [5, 5.41) is 9.84. The molecule has 0 aliphatic carbocycles. The predicted molar refractivity (Wildman–Crippen MR) is 161 cm³/mol. The van der Waals surface area contributed by atoms with Crippen molar-refractivity contribution in [2.45, 2.75) is 52.9 Å². The number of morpholine rings is 1. The molecule has 0 N–H and O–H groups in total. The highest BCUT2D eigenvalue weighted by molar-refractivity contribution is 8.26. The standard InChI is InChI=1S/C29H34N4O5S2/c1-7-32-26(31-15-17(2)38-18(3)16-31)21(19(4)22(14-30)27(32)34)13-25-28(35)33(29(39)40-25)11-10-20-8-9-23(36-5)24(12-20)37-6/h8-9,12-13,17-18H,7,10-11,15-16H2,1-6H3/b25-13-. The van der Waals surface area contributed by atoms with Gasteiger partial charge in [0.05, 0.1) is 31.3 Å². The van der Waals surface area contributed by atoms with Gasteiger partial charge in [-0.3, -0.25) is 19.1 Å². The second-order valence-corrected chi connectivity index (χ2v) is 11.5. The fraction of sp³-hybridized carbons (Fsp3) is 0.448. The number of ether oxygens (including phenoxy) is 3. The molecule has 0 saturated carbocycles. The van der Waals surface area contributed by atoms with Gasteiger partial charge in [-0.2, -0.15) is 5.26 Å². The molecule has 2 saturated heterocycles. The van der Waals surface area contributed by atoms with E-state index in [9.17, 15) is 14.9 Å². The highest BCUT2D eigenvalue weighted by Gasteiger charge is 2.34. The maximum atomic E-state index is 13.6. The summed E-state index contributed by atoms with van der Waals surface area (Å²) in [5.74, 6) is 1.76. The molecule has 2 unspecified atom stereocenters. The van der Waals surface area contributed by atoms with Crippen LogP contribution in [0.15, 0.2) is 27.9 Å². The van der Waals surface area contributed by atoms with Crippen molar-refractivity contribution in [3.05, 3.63) is 55.7 Å². The van der Waals surface area contributed by atoms with Crippen molar-refractivity contribution in [2.24, 2.45) is 0 Å². The van der Waals surface area contributed by atoms with E-state index in [2.05, 4.69) is 11.0 Å². The zero-order valence-electron chi connectivity index (χ0n) is 23.6. The van der Waals surface area contributed by atoms with Gasteiger partial charge in [-0.05, 0) is 63.5 Å². The number of amides is 1. The van der Waals surface area contributed by atoms with Gasteiger partial charge in [0, 0.05) is 31.7 Å². The van der Waals surface area contributed by atoms with Crippen LogP contribution in [0.1, 0.15) is 43.0 Å². The monoisotopic (exact) mass is 582 g/mol. The van der Waals surface area contributed by atoms with Gasteiger partial charge >= 0.3 is 0 Å². The van der Waals surface area contributed by atoms with Gasteiger partial charge in [-0.25, -0.2) is 0 Å². The molecule has 1 aromatic carbocycles. The Morgan fingerprint density at radius 1 is 1.18 bits per heavy atom. The molecule has 2 aliphatic heterocycles. The van der Waals surface area contributed by atoms with Crippen molar-refractivity contribution < 1.29 is 19.0 Å². The lowest BCUT2D eigenvalue weighted by molar-refractivity contribution is -0.122. The molecule has 0 spiro atoms. The summed E-state index contributed by atoms with van der Waals surface area (Å²) in [6.07, 6.45) is 2.29. The second kappa shape index (κ2) is 12.5. The smallest absolute Gasteiger partial charge is 0.270 e. The Bertz CT molecular complexity index is 1450. The fourth-order valence-corrected chi connectivity index (χ4v) is 6.52. The Morgan fingerprint density at radius 2 is 1.85 bits per heavy atom. The SMILES string of the molecule is CCn1c(N2CC(C)OC(C)C2)c(/C=C2\SC(=S)N(CCc3ccc(OC)c(OC)c3)C2=O)c(C)c(C#N)c1=O. The normalized spacial score (nSPS) is 20.3. The van der Waals surface area contributed by atoms with E-state index in [1.54, 1.807) is 36.7 Å². The zero-order valence-corrected chi connectivity index (χ0v) is 25.3. The van der Waals surface area contributed by atoms with Gasteiger partial charge in [-0.15, -0.1) is 0 Å². The van der Waals surface area contributed by atoms with Gasteiger partial charge in [0.15, 0.2) is 11.5 Å². The molecule has 0 bridgehead atoms. The van der Waals surface area contributed by atoms with Crippen LogP contribution >= 0.6 is 24.0 Å². The van der Waals surface area contributed by atoms with Gasteiger partial charge in [-0.1, -0.05) is 30.0 Å². The Hall–Kier alpha value is -3.33. The minimum absolute atomic E-state index is 0.0391. The third-order valence-corrected chi connectivity index (χ3v) is 8.48. The number of carbonyl (C=O) groups is 1. The van der Waals surface area contributed by atoms with Crippen LogP contribution in [-0.4, -0.2) is 65.8 Å². The second-order valence-electron chi connectivity index (χ2n) is 9.83. The van der Waals surface area contributed by atoms with Crippen LogP contribution in [0.4, 0.5) is 5.82 Å². The van der Waals surface area contributed by atoms with Crippen molar-refractivity contribution in [1.82, 2.24) is 9.47 Å².